The van der Waals surface area contributed by atoms with E-state index in [0.29, 0.717) is 12.5 Å². The van der Waals surface area contributed by atoms with Crippen molar-refractivity contribution in [3.63, 3.8) is 0 Å². The first-order chi connectivity index (χ1) is 8.63. The fourth-order valence-corrected chi connectivity index (χ4v) is 1.67. The SMILES string of the molecule is CCC(C)n1ccc(CNCCCCC(N)=O)n1. The maximum absolute atomic E-state index is 10.5. The molecular weight excluding hydrogens is 228 g/mol. The van der Waals surface area contributed by atoms with Crippen LogP contribution in [0.15, 0.2) is 12.3 Å². The standard InChI is InChI=1S/C13H24N4O/c1-3-11(2)17-9-7-12(16-17)10-15-8-5-4-6-13(14)18/h7,9,11,15H,3-6,8,10H2,1-2H3,(H2,14,18). The molecule has 1 aromatic heterocycles. The first kappa shape index (κ1) is 14.7. The molecule has 0 fully saturated rings. The Balaban J connectivity index is 2.15. The largest absolute Gasteiger partial charge is 0.370 e. The Hall–Kier alpha value is -1.36. The van der Waals surface area contributed by atoms with Crippen molar-refractivity contribution < 1.29 is 4.79 Å². The minimum Gasteiger partial charge on any atom is -0.370 e. The van der Waals surface area contributed by atoms with Crippen LogP contribution in [0.2, 0.25) is 0 Å². The summed E-state index contributed by atoms with van der Waals surface area (Å²) in [4.78, 5) is 10.5. The molecule has 0 saturated carbocycles. The quantitative estimate of drug-likeness (QED) is 0.656. The minimum atomic E-state index is -0.220. The van der Waals surface area contributed by atoms with E-state index in [0.717, 1.165) is 38.0 Å². The van der Waals surface area contributed by atoms with Gasteiger partial charge in [0.15, 0.2) is 0 Å². The third-order valence-corrected chi connectivity index (χ3v) is 3.04. The first-order valence-corrected chi connectivity index (χ1v) is 6.66. The Labute approximate surface area is 109 Å². The highest BCUT2D eigenvalue weighted by Gasteiger charge is 2.03. The molecule has 0 aliphatic carbocycles. The van der Waals surface area contributed by atoms with Gasteiger partial charge in [0.1, 0.15) is 0 Å². The lowest BCUT2D eigenvalue weighted by molar-refractivity contribution is -0.118. The number of hydrogen-bond acceptors (Lipinski definition) is 3. The molecule has 1 aromatic rings. The Morgan fingerprint density at radius 1 is 1.56 bits per heavy atom. The van der Waals surface area contributed by atoms with E-state index in [2.05, 4.69) is 24.3 Å². The summed E-state index contributed by atoms with van der Waals surface area (Å²) in [6, 6.07) is 2.50. The van der Waals surface area contributed by atoms with Crippen molar-refractivity contribution >= 4 is 5.91 Å². The lowest BCUT2D eigenvalue weighted by Gasteiger charge is -2.08. The molecule has 5 nitrogen and oxygen atoms in total. The van der Waals surface area contributed by atoms with Gasteiger partial charge in [0, 0.05) is 25.2 Å². The van der Waals surface area contributed by atoms with Gasteiger partial charge in [0.25, 0.3) is 0 Å². The summed E-state index contributed by atoms with van der Waals surface area (Å²) in [5.41, 5.74) is 6.13. The van der Waals surface area contributed by atoms with Crippen LogP contribution in [-0.4, -0.2) is 22.2 Å². The average Bonchev–Trinajstić information content (AvgIpc) is 2.81. The highest BCUT2D eigenvalue weighted by atomic mass is 16.1. The van der Waals surface area contributed by atoms with Gasteiger partial charge in [0.2, 0.25) is 5.91 Å². The molecule has 0 saturated heterocycles. The first-order valence-electron chi connectivity index (χ1n) is 6.66. The van der Waals surface area contributed by atoms with Gasteiger partial charge in [-0.1, -0.05) is 6.92 Å². The minimum absolute atomic E-state index is 0.220. The van der Waals surface area contributed by atoms with Gasteiger partial charge < -0.3 is 11.1 Å². The molecule has 3 N–H and O–H groups in total. The van der Waals surface area contributed by atoms with Gasteiger partial charge in [-0.2, -0.15) is 5.10 Å². The van der Waals surface area contributed by atoms with Crippen LogP contribution in [0.4, 0.5) is 0 Å². The van der Waals surface area contributed by atoms with Crippen molar-refractivity contribution in [2.24, 2.45) is 5.73 Å². The van der Waals surface area contributed by atoms with E-state index in [4.69, 9.17) is 5.73 Å². The Morgan fingerprint density at radius 2 is 2.33 bits per heavy atom. The number of hydrogen-bond donors (Lipinski definition) is 2. The topological polar surface area (TPSA) is 72.9 Å². The second kappa shape index (κ2) is 7.87. The molecule has 0 aromatic carbocycles. The molecule has 1 atom stereocenters. The Bertz CT molecular complexity index is 362. The van der Waals surface area contributed by atoms with Crippen LogP contribution < -0.4 is 11.1 Å². The van der Waals surface area contributed by atoms with Crippen LogP contribution in [-0.2, 0) is 11.3 Å². The molecule has 102 valence electrons. The number of aromatic nitrogens is 2. The number of nitrogens with one attached hydrogen (secondary N) is 1. The maximum Gasteiger partial charge on any atom is 0.217 e. The molecule has 0 bridgehead atoms. The van der Waals surface area contributed by atoms with Crippen LogP contribution in [0.1, 0.15) is 51.3 Å². The van der Waals surface area contributed by atoms with E-state index in [1.807, 2.05) is 16.9 Å². The maximum atomic E-state index is 10.5. The third-order valence-electron chi connectivity index (χ3n) is 3.04. The predicted molar refractivity (Wildman–Crippen MR) is 72.0 cm³/mol. The number of amides is 1. The normalized spacial score (nSPS) is 12.6. The zero-order chi connectivity index (χ0) is 13.4. The summed E-state index contributed by atoms with van der Waals surface area (Å²) < 4.78 is 2.00. The van der Waals surface area contributed by atoms with E-state index >= 15 is 0 Å². The highest BCUT2D eigenvalue weighted by Crippen LogP contribution is 2.08. The molecule has 1 amide bonds. The van der Waals surface area contributed by atoms with Crippen molar-refractivity contribution in [3.8, 4) is 0 Å². The van der Waals surface area contributed by atoms with Gasteiger partial charge in [-0.05, 0) is 38.8 Å². The number of rotatable bonds is 9. The molecule has 0 spiro atoms. The molecule has 18 heavy (non-hydrogen) atoms. The van der Waals surface area contributed by atoms with Crippen molar-refractivity contribution in [1.82, 2.24) is 15.1 Å². The summed E-state index contributed by atoms with van der Waals surface area (Å²) in [5, 5.41) is 7.82. The summed E-state index contributed by atoms with van der Waals surface area (Å²) >= 11 is 0. The monoisotopic (exact) mass is 252 g/mol. The van der Waals surface area contributed by atoms with Gasteiger partial charge in [0.05, 0.1) is 5.69 Å². The fraction of sp³-hybridized carbons (Fsp3) is 0.692. The van der Waals surface area contributed by atoms with Crippen LogP contribution in [0.3, 0.4) is 0 Å². The summed E-state index contributed by atoms with van der Waals surface area (Å²) in [7, 11) is 0. The second-order valence-electron chi connectivity index (χ2n) is 4.64. The zero-order valence-corrected chi connectivity index (χ0v) is 11.4. The van der Waals surface area contributed by atoms with Crippen LogP contribution >= 0.6 is 0 Å². The Kier molecular flexibility index (Phi) is 6.43. The number of nitrogens with zero attached hydrogens (tertiary/aromatic N) is 2. The van der Waals surface area contributed by atoms with Crippen molar-refractivity contribution in [2.45, 2.75) is 52.1 Å². The molecule has 1 unspecified atom stereocenters. The third kappa shape index (κ3) is 5.31. The molecule has 1 rings (SSSR count). The fourth-order valence-electron chi connectivity index (χ4n) is 1.67. The molecule has 0 radical (unpaired) electrons. The van der Waals surface area contributed by atoms with Crippen molar-refractivity contribution in [1.29, 1.82) is 0 Å². The summed E-state index contributed by atoms with van der Waals surface area (Å²) in [6.45, 7) is 5.99. The number of carbonyl (C=O) groups excluding carboxylic acids is 1. The summed E-state index contributed by atoms with van der Waals surface area (Å²) in [6.07, 6.45) is 5.41. The number of primary amides is 1. The summed E-state index contributed by atoms with van der Waals surface area (Å²) in [5.74, 6) is -0.220. The average molecular weight is 252 g/mol. The Morgan fingerprint density at radius 3 is 3.00 bits per heavy atom. The van der Waals surface area contributed by atoms with E-state index in [-0.39, 0.29) is 5.91 Å². The second-order valence-corrected chi connectivity index (χ2v) is 4.64. The molecular formula is C13H24N4O. The predicted octanol–water partition coefficient (Wildman–Crippen LogP) is 1.60. The van der Waals surface area contributed by atoms with Crippen molar-refractivity contribution in [2.75, 3.05) is 6.54 Å². The van der Waals surface area contributed by atoms with Crippen LogP contribution in [0, 0.1) is 0 Å². The number of unbranched alkanes of at least 4 members (excludes halogenated alkanes) is 1. The van der Waals surface area contributed by atoms with Gasteiger partial charge >= 0.3 is 0 Å². The van der Waals surface area contributed by atoms with Gasteiger partial charge in [-0.25, -0.2) is 0 Å². The number of carbonyl (C=O) groups is 1. The van der Waals surface area contributed by atoms with E-state index < -0.39 is 0 Å². The lowest BCUT2D eigenvalue weighted by atomic mass is 10.2. The molecule has 0 aliphatic heterocycles. The van der Waals surface area contributed by atoms with E-state index in [1.54, 1.807) is 0 Å². The van der Waals surface area contributed by atoms with E-state index in [9.17, 15) is 4.79 Å². The van der Waals surface area contributed by atoms with Gasteiger partial charge in [-0.3, -0.25) is 9.48 Å². The van der Waals surface area contributed by atoms with Crippen molar-refractivity contribution in [3.05, 3.63) is 18.0 Å². The molecule has 5 heteroatoms. The highest BCUT2D eigenvalue weighted by molar-refractivity contribution is 5.73. The molecule has 0 aliphatic rings. The smallest absolute Gasteiger partial charge is 0.217 e. The number of nitrogens with two attached hydrogens (primary N) is 1. The van der Waals surface area contributed by atoms with Crippen LogP contribution in [0.25, 0.3) is 0 Å². The van der Waals surface area contributed by atoms with Gasteiger partial charge in [-0.15, -0.1) is 0 Å². The zero-order valence-electron chi connectivity index (χ0n) is 11.4. The lowest BCUT2D eigenvalue weighted by Crippen LogP contribution is -2.17. The van der Waals surface area contributed by atoms with E-state index in [1.165, 1.54) is 0 Å². The van der Waals surface area contributed by atoms with Crippen LogP contribution in [0.5, 0.6) is 0 Å². The molecule has 1 heterocycles.